The first kappa shape index (κ1) is 14.3. The summed E-state index contributed by atoms with van der Waals surface area (Å²) >= 11 is 2.04. The van der Waals surface area contributed by atoms with Gasteiger partial charge in [-0.15, -0.1) is 0 Å². The molecule has 1 aliphatic heterocycles. The van der Waals surface area contributed by atoms with E-state index >= 15 is 0 Å². The smallest absolute Gasteiger partial charge is 0.126 e. The number of hydrogen-bond acceptors (Lipinski definition) is 3. The van der Waals surface area contributed by atoms with Crippen LogP contribution in [0.15, 0.2) is 18.2 Å². The lowest BCUT2D eigenvalue weighted by atomic mass is 9.83. The molecule has 1 fully saturated rings. The van der Waals surface area contributed by atoms with E-state index in [2.05, 4.69) is 36.7 Å². The highest BCUT2D eigenvalue weighted by molar-refractivity contribution is 8.00. The first-order chi connectivity index (χ1) is 9.74. The summed E-state index contributed by atoms with van der Waals surface area (Å²) in [4.78, 5) is 0. The second-order valence-electron chi connectivity index (χ2n) is 6.16. The van der Waals surface area contributed by atoms with Crippen molar-refractivity contribution in [2.75, 3.05) is 19.4 Å². The Morgan fingerprint density at radius 2 is 2.20 bits per heavy atom. The Labute approximate surface area is 126 Å². The van der Waals surface area contributed by atoms with E-state index in [1.807, 2.05) is 11.8 Å². The quantitative estimate of drug-likeness (QED) is 0.903. The number of thioether (sulfide) groups is 1. The van der Waals surface area contributed by atoms with E-state index in [1.165, 1.54) is 36.8 Å². The second kappa shape index (κ2) is 5.98. The summed E-state index contributed by atoms with van der Waals surface area (Å²) < 4.78 is 6.46. The summed E-state index contributed by atoms with van der Waals surface area (Å²) in [5, 5.41) is 3.84. The lowest BCUT2D eigenvalue weighted by Crippen LogP contribution is -2.44. The molecule has 0 saturated heterocycles. The number of hydrogen-bond donors (Lipinski definition) is 1. The van der Waals surface area contributed by atoms with Crippen molar-refractivity contribution in [1.82, 2.24) is 5.32 Å². The van der Waals surface area contributed by atoms with Crippen molar-refractivity contribution in [2.24, 2.45) is 0 Å². The average molecular weight is 291 g/mol. The van der Waals surface area contributed by atoms with Gasteiger partial charge in [0.2, 0.25) is 0 Å². The maximum Gasteiger partial charge on any atom is 0.126 e. The third kappa shape index (κ3) is 2.71. The monoisotopic (exact) mass is 291 g/mol. The van der Waals surface area contributed by atoms with Gasteiger partial charge >= 0.3 is 0 Å². The molecule has 20 heavy (non-hydrogen) atoms. The number of para-hydroxylation sites is 1. The molecule has 0 aromatic heterocycles. The van der Waals surface area contributed by atoms with Crippen LogP contribution in [0.3, 0.4) is 0 Å². The van der Waals surface area contributed by atoms with Crippen LogP contribution >= 0.6 is 11.8 Å². The zero-order valence-corrected chi connectivity index (χ0v) is 13.4. The highest BCUT2D eigenvalue weighted by Gasteiger charge is 2.36. The molecular formula is C17H25NOS. The van der Waals surface area contributed by atoms with Crippen LogP contribution in [0.4, 0.5) is 0 Å². The van der Waals surface area contributed by atoms with E-state index in [-0.39, 0.29) is 0 Å². The molecule has 1 heterocycles. The average Bonchev–Trinajstić information content (AvgIpc) is 2.62. The second-order valence-corrected chi connectivity index (χ2v) is 7.43. The van der Waals surface area contributed by atoms with Gasteiger partial charge in [-0.1, -0.05) is 24.6 Å². The van der Waals surface area contributed by atoms with Crippen molar-refractivity contribution >= 4 is 11.8 Å². The number of ether oxygens (including phenoxy) is 1. The van der Waals surface area contributed by atoms with Crippen molar-refractivity contribution in [3.8, 4) is 5.75 Å². The normalized spacial score (nSPS) is 24.2. The summed E-state index contributed by atoms with van der Waals surface area (Å²) in [6, 6.07) is 7.00. The van der Waals surface area contributed by atoms with Crippen LogP contribution in [0.2, 0.25) is 0 Å². The van der Waals surface area contributed by atoms with Gasteiger partial charge in [0.25, 0.3) is 0 Å². The fraction of sp³-hybridized carbons (Fsp3) is 0.647. The number of aryl methyl sites for hydroxylation is 1. The van der Waals surface area contributed by atoms with Gasteiger partial charge in [-0.2, -0.15) is 11.8 Å². The zero-order chi connectivity index (χ0) is 14.0. The molecule has 2 aliphatic rings. The fourth-order valence-corrected chi connectivity index (χ4v) is 4.23. The van der Waals surface area contributed by atoms with Crippen LogP contribution in [-0.2, 0) is 0 Å². The number of nitrogens with one attached hydrogen (secondary N) is 1. The van der Waals surface area contributed by atoms with Crippen molar-refractivity contribution < 1.29 is 4.74 Å². The molecule has 1 saturated carbocycles. The van der Waals surface area contributed by atoms with E-state index in [9.17, 15) is 0 Å². The zero-order valence-electron chi connectivity index (χ0n) is 12.6. The molecule has 1 aliphatic carbocycles. The minimum Gasteiger partial charge on any atom is -0.493 e. The number of benzene rings is 1. The molecule has 1 aromatic rings. The molecule has 2 nitrogen and oxygen atoms in total. The summed E-state index contributed by atoms with van der Waals surface area (Å²) in [6.07, 6.45) is 8.70. The molecule has 1 aromatic carbocycles. The van der Waals surface area contributed by atoms with Crippen molar-refractivity contribution in [1.29, 1.82) is 0 Å². The van der Waals surface area contributed by atoms with Gasteiger partial charge in [-0.3, -0.25) is 0 Å². The van der Waals surface area contributed by atoms with E-state index < -0.39 is 0 Å². The third-order valence-corrected chi connectivity index (χ3v) is 6.29. The maximum atomic E-state index is 5.96. The van der Waals surface area contributed by atoms with Gasteiger partial charge in [0.05, 0.1) is 6.61 Å². The van der Waals surface area contributed by atoms with Gasteiger partial charge in [0.15, 0.2) is 0 Å². The van der Waals surface area contributed by atoms with Crippen LogP contribution in [0.25, 0.3) is 0 Å². The van der Waals surface area contributed by atoms with Gasteiger partial charge in [0.1, 0.15) is 5.75 Å². The predicted octanol–water partition coefficient (Wildman–Crippen LogP) is 4.08. The molecule has 1 unspecified atom stereocenters. The molecule has 0 radical (unpaired) electrons. The molecule has 3 rings (SSSR count). The Balaban J connectivity index is 1.75. The van der Waals surface area contributed by atoms with E-state index in [0.717, 1.165) is 25.3 Å². The minimum atomic E-state index is 0.456. The maximum absolute atomic E-state index is 5.96. The van der Waals surface area contributed by atoms with Crippen LogP contribution in [0.5, 0.6) is 5.75 Å². The highest BCUT2D eigenvalue weighted by atomic mass is 32.2. The van der Waals surface area contributed by atoms with Crippen LogP contribution in [0.1, 0.15) is 49.3 Å². The van der Waals surface area contributed by atoms with Crippen molar-refractivity contribution in [2.45, 2.75) is 49.8 Å². The summed E-state index contributed by atoms with van der Waals surface area (Å²) in [6.45, 7) is 4.13. The Hall–Kier alpha value is -0.670. The largest absolute Gasteiger partial charge is 0.493 e. The first-order valence-corrected chi connectivity index (χ1v) is 8.97. The molecular weight excluding hydrogens is 266 g/mol. The molecule has 110 valence electrons. The Bertz CT molecular complexity index is 465. The molecule has 0 bridgehead atoms. The number of rotatable bonds is 4. The van der Waals surface area contributed by atoms with Crippen molar-refractivity contribution in [3.63, 3.8) is 0 Å². The molecule has 0 spiro atoms. The van der Waals surface area contributed by atoms with Gasteiger partial charge in [-0.05, 0) is 44.4 Å². The number of fused-ring (bicyclic) bond motifs is 1. The lowest BCUT2D eigenvalue weighted by Gasteiger charge is -2.41. The van der Waals surface area contributed by atoms with Gasteiger partial charge in [0, 0.05) is 22.9 Å². The summed E-state index contributed by atoms with van der Waals surface area (Å²) in [5.41, 5.74) is 2.62. The Kier molecular flexibility index (Phi) is 4.27. The standard InChI is InChI=1S/C17H25NOS/c1-13-6-3-7-14-15(8-4-11-19-16(13)14)18-12-17(20-2)9-5-10-17/h3,6-7,15,18H,4-5,8-12H2,1-2H3. The van der Waals surface area contributed by atoms with E-state index in [4.69, 9.17) is 4.74 Å². The van der Waals surface area contributed by atoms with Crippen molar-refractivity contribution in [3.05, 3.63) is 29.3 Å². The minimum absolute atomic E-state index is 0.456. The third-order valence-electron chi connectivity index (χ3n) is 4.87. The van der Waals surface area contributed by atoms with Gasteiger partial charge < -0.3 is 10.1 Å². The summed E-state index contributed by atoms with van der Waals surface area (Å²) in [7, 11) is 0. The highest BCUT2D eigenvalue weighted by Crippen LogP contribution is 2.43. The summed E-state index contributed by atoms with van der Waals surface area (Å²) in [5.74, 6) is 1.12. The molecule has 3 heteroatoms. The predicted molar refractivity (Wildman–Crippen MR) is 86.7 cm³/mol. The fourth-order valence-electron chi connectivity index (χ4n) is 3.31. The molecule has 1 N–H and O–H groups in total. The first-order valence-electron chi connectivity index (χ1n) is 7.75. The van der Waals surface area contributed by atoms with Gasteiger partial charge in [-0.25, -0.2) is 0 Å². The Morgan fingerprint density at radius 1 is 1.35 bits per heavy atom. The lowest BCUT2D eigenvalue weighted by molar-refractivity contribution is 0.309. The Morgan fingerprint density at radius 3 is 2.90 bits per heavy atom. The van der Waals surface area contributed by atoms with E-state index in [1.54, 1.807) is 0 Å². The molecule has 1 atom stereocenters. The SMILES string of the molecule is CSC1(CNC2CCCOc3c(C)cccc32)CCC1. The van der Waals surface area contributed by atoms with E-state index in [0.29, 0.717) is 10.8 Å². The van der Waals surface area contributed by atoms with Crippen LogP contribution in [-0.4, -0.2) is 24.2 Å². The topological polar surface area (TPSA) is 21.3 Å². The van der Waals surface area contributed by atoms with Crippen LogP contribution < -0.4 is 10.1 Å². The van der Waals surface area contributed by atoms with Crippen LogP contribution in [0, 0.1) is 6.92 Å². The molecule has 0 amide bonds.